The highest BCUT2D eigenvalue weighted by Gasteiger charge is 2.37. The van der Waals surface area contributed by atoms with Crippen molar-refractivity contribution in [3.63, 3.8) is 0 Å². The number of imide groups is 1. The molecular formula is C14H16N2O4S. The van der Waals surface area contributed by atoms with E-state index < -0.39 is 21.8 Å². The Kier molecular flexibility index (Phi) is 4.24. The van der Waals surface area contributed by atoms with Gasteiger partial charge in [-0.1, -0.05) is 30.3 Å². The average Bonchev–Trinajstić information content (AvgIpc) is 2.44. The maximum absolute atomic E-state index is 12.4. The Morgan fingerprint density at radius 3 is 2.38 bits per heavy atom. The molecule has 1 N–H and O–H groups in total. The molecule has 1 aliphatic heterocycles. The Bertz CT molecular complexity index is 708. The normalized spacial score (nSPS) is 16.6. The first-order chi connectivity index (χ1) is 9.86. The van der Waals surface area contributed by atoms with E-state index in [1.807, 2.05) is 6.07 Å². The van der Waals surface area contributed by atoms with Gasteiger partial charge >= 0.3 is 0 Å². The molecule has 0 atom stereocenters. The number of hydrogen-bond acceptors (Lipinski definition) is 4. The van der Waals surface area contributed by atoms with Crippen LogP contribution in [0.2, 0.25) is 0 Å². The van der Waals surface area contributed by atoms with E-state index in [4.69, 9.17) is 0 Å². The van der Waals surface area contributed by atoms with Crippen molar-refractivity contribution < 1.29 is 18.0 Å². The van der Waals surface area contributed by atoms with Gasteiger partial charge in [0.15, 0.2) is 0 Å². The summed E-state index contributed by atoms with van der Waals surface area (Å²) < 4.78 is 26.0. The lowest BCUT2D eigenvalue weighted by atomic mass is 10.1. The third kappa shape index (κ3) is 3.03. The molecule has 0 saturated heterocycles. The summed E-state index contributed by atoms with van der Waals surface area (Å²) in [6, 6.07) is 8.96. The number of benzene rings is 1. The first kappa shape index (κ1) is 15.4. The SMILES string of the molecule is CNS(=O)(=O)C1=C(C)CC(=O)N(Cc2ccccc2)C1=O. The van der Waals surface area contributed by atoms with E-state index >= 15 is 0 Å². The zero-order valence-electron chi connectivity index (χ0n) is 11.8. The molecule has 1 heterocycles. The number of sulfonamides is 1. The molecule has 1 aliphatic rings. The van der Waals surface area contributed by atoms with Crippen LogP contribution in [0.5, 0.6) is 0 Å². The number of hydrogen-bond donors (Lipinski definition) is 1. The lowest BCUT2D eigenvalue weighted by Crippen LogP contribution is -2.44. The zero-order valence-corrected chi connectivity index (χ0v) is 12.6. The summed E-state index contributed by atoms with van der Waals surface area (Å²) in [4.78, 5) is 25.1. The maximum atomic E-state index is 12.4. The second-order valence-corrected chi connectivity index (χ2v) is 6.59. The molecule has 21 heavy (non-hydrogen) atoms. The standard InChI is InChI=1S/C14H16N2O4S/c1-10-8-12(17)16(9-11-6-4-3-5-7-11)14(18)13(10)21(19,20)15-2/h3-7,15H,8-9H2,1-2H3. The van der Waals surface area contributed by atoms with Crippen LogP contribution in [0, 0.1) is 0 Å². The smallest absolute Gasteiger partial charge is 0.273 e. The van der Waals surface area contributed by atoms with E-state index in [0.29, 0.717) is 0 Å². The number of nitrogens with one attached hydrogen (secondary N) is 1. The minimum Gasteiger partial charge on any atom is -0.274 e. The third-order valence-corrected chi connectivity index (χ3v) is 4.86. The molecule has 2 rings (SSSR count). The molecule has 0 aromatic heterocycles. The van der Waals surface area contributed by atoms with Gasteiger partial charge in [0, 0.05) is 6.42 Å². The van der Waals surface area contributed by atoms with E-state index in [2.05, 4.69) is 4.72 Å². The minimum atomic E-state index is -3.88. The first-order valence-electron chi connectivity index (χ1n) is 6.38. The number of nitrogens with zero attached hydrogens (tertiary/aromatic N) is 1. The van der Waals surface area contributed by atoms with Crippen molar-refractivity contribution in [2.45, 2.75) is 19.9 Å². The minimum absolute atomic E-state index is 0.0640. The molecule has 1 aromatic rings. The van der Waals surface area contributed by atoms with Crippen LogP contribution in [0.4, 0.5) is 0 Å². The molecule has 0 bridgehead atoms. The third-order valence-electron chi connectivity index (χ3n) is 3.27. The van der Waals surface area contributed by atoms with Crippen LogP contribution < -0.4 is 4.72 Å². The summed E-state index contributed by atoms with van der Waals surface area (Å²) in [5, 5.41) is 0. The predicted molar refractivity (Wildman–Crippen MR) is 77.3 cm³/mol. The topological polar surface area (TPSA) is 83.6 Å². The van der Waals surface area contributed by atoms with Crippen LogP contribution >= 0.6 is 0 Å². The van der Waals surface area contributed by atoms with Crippen LogP contribution in [0.1, 0.15) is 18.9 Å². The van der Waals surface area contributed by atoms with Gasteiger partial charge in [0.25, 0.3) is 5.91 Å². The van der Waals surface area contributed by atoms with E-state index in [0.717, 1.165) is 10.5 Å². The fourth-order valence-corrected chi connectivity index (χ4v) is 3.27. The molecule has 0 radical (unpaired) electrons. The lowest BCUT2D eigenvalue weighted by Gasteiger charge is -2.27. The monoisotopic (exact) mass is 308 g/mol. The van der Waals surface area contributed by atoms with Crippen molar-refractivity contribution in [2.24, 2.45) is 0 Å². The molecule has 6 nitrogen and oxygen atoms in total. The quantitative estimate of drug-likeness (QED) is 0.833. The Hall–Kier alpha value is -1.99. The van der Waals surface area contributed by atoms with Crippen LogP contribution in [0.25, 0.3) is 0 Å². The summed E-state index contributed by atoms with van der Waals surface area (Å²) in [5.74, 6) is -1.17. The maximum Gasteiger partial charge on any atom is 0.273 e. The molecule has 0 fully saturated rings. The van der Waals surface area contributed by atoms with Crippen molar-refractivity contribution in [2.75, 3.05) is 7.05 Å². The molecule has 1 aromatic carbocycles. The van der Waals surface area contributed by atoms with Gasteiger partial charge in [-0.15, -0.1) is 0 Å². The van der Waals surface area contributed by atoms with Gasteiger partial charge in [-0.05, 0) is 25.1 Å². The van der Waals surface area contributed by atoms with Gasteiger partial charge < -0.3 is 0 Å². The number of carbonyl (C=O) groups excluding carboxylic acids is 2. The van der Waals surface area contributed by atoms with Gasteiger partial charge in [0.2, 0.25) is 15.9 Å². The highest BCUT2D eigenvalue weighted by Crippen LogP contribution is 2.25. The second-order valence-electron chi connectivity index (χ2n) is 4.76. The Balaban J connectivity index is 2.38. The molecule has 0 unspecified atom stereocenters. The summed E-state index contributed by atoms with van der Waals surface area (Å²) in [6.07, 6.45) is -0.0746. The average molecular weight is 308 g/mol. The fraction of sp³-hybridized carbons (Fsp3) is 0.286. The van der Waals surface area contributed by atoms with E-state index in [-0.39, 0.29) is 23.4 Å². The fourth-order valence-electron chi connectivity index (χ4n) is 2.19. The van der Waals surface area contributed by atoms with Crippen molar-refractivity contribution in [3.05, 3.63) is 46.4 Å². The number of amides is 2. The highest BCUT2D eigenvalue weighted by atomic mass is 32.2. The zero-order chi connectivity index (χ0) is 15.6. The molecule has 7 heteroatoms. The summed E-state index contributed by atoms with van der Waals surface area (Å²) in [5.41, 5.74) is 1.03. The summed E-state index contributed by atoms with van der Waals surface area (Å²) in [6.45, 7) is 1.55. The van der Waals surface area contributed by atoms with Crippen LogP contribution in [-0.4, -0.2) is 32.2 Å². The largest absolute Gasteiger partial charge is 0.274 e. The van der Waals surface area contributed by atoms with Crippen LogP contribution in [-0.2, 0) is 26.2 Å². The summed E-state index contributed by atoms with van der Waals surface area (Å²) in [7, 11) is -2.65. The lowest BCUT2D eigenvalue weighted by molar-refractivity contribution is -0.143. The van der Waals surface area contributed by atoms with Crippen LogP contribution in [0.3, 0.4) is 0 Å². The molecule has 0 spiro atoms. The van der Waals surface area contributed by atoms with E-state index in [1.165, 1.54) is 14.0 Å². The Morgan fingerprint density at radius 2 is 1.81 bits per heavy atom. The van der Waals surface area contributed by atoms with Gasteiger partial charge in [-0.25, -0.2) is 13.1 Å². The summed E-state index contributed by atoms with van der Waals surface area (Å²) >= 11 is 0. The molecular weight excluding hydrogens is 292 g/mol. The van der Waals surface area contributed by atoms with Crippen molar-refractivity contribution in [1.29, 1.82) is 0 Å². The van der Waals surface area contributed by atoms with E-state index in [1.54, 1.807) is 24.3 Å². The highest BCUT2D eigenvalue weighted by molar-refractivity contribution is 7.94. The van der Waals surface area contributed by atoms with Crippen molar-refractivity contribution in [1.82, 2.24) is 9.62 Å². The van der Waals surface area contributed by atoms with Crippen LogP contribution in [0.15, 0.2) is 40.8 Å². The van der Waals surface area contributed by atoms with Gasteiger partial charge in [-0.3, -0.25) is 14.5 Å². The van der Waals surface area contributed by atoms with Crippen molar-refractivity contribution in [3.8, 4) is 0 Å². The van der Waals surface area contributed by atoms with Crippen molar-refractivity contribution >= 4 is 21.8 Å². The Labute approximate surface area is 123 Å². The Morgan fingerprint density at radius 1 is 1.19 bits per heavy atom. The van der Waals surface area contributed by atoms with Gasteiger partial charge in [-0.2, -0.15) is 0 Å². The van der Waals surface area contributed by atoms with Gasteiger partial charge in [0.05, 0.1) is 6.54 Å². The first-order valence-corrected chi connectivity index (χ1v) is 7.87. The molecule has 0 saturated carbocycles. The number of carbonyl (C=O) groups is 2. The predicted octanol–water partition coefficient (Wildman–Crippen LogP) is 0.769. The van der Waals surface area contributed by atoms with Gasteiger partial charge in [0.1, 0.15) is 4.91 Å². The second kappa shape index (κ2) is 5.79. The molecule has 0 aliphatic carbocycles. The van der Waals surface area contributed by atoms with E-state index in [9.17, 15) is 18.0 Å². The number of rotatable bonds is 4. The molecule has 2 amide bonds. The molecule has 112 valence electrons.